The van der Waals surface area contributed by atoms with Crippen molar-refractivity contribution in [1.82, 2.24) is 0 Å². The summed E-state index contributed by atoms with van der Waals surface area (Å²) in [6.07, 6.45) is -4.69. The van der Waals surface area contributed by atoms with E-state index in [1.165, 1.54) is 0 Å². The van der Waals surface area contributed by atoms with E-state index >= 15 is 0 Å². The Hall–Kier alpha value is -1.31. The van der Waals surface area contributed by atoms with Crippen LogP contribution in [0.1, 0.15) is 19.3 Å². The highest BCUT2D eigenvalue weighted by Crippen LogP contribution is 2.59. The zero-order valence-corrected chi connectivity index (χ0v) is 15.2. The summed E-state index contributed by atoms with van der Waals surface area (Å²) in [7, 11) is -5.69. The van der Waals surface area contributed by atoms with Gasteiger partial charge in [-0.2, -0.15) is 30.4 Å². The van der Waals surface area contributed by atoms with Gasteiger partial charge in [0.05, 0.1) is 18.8 Å². The molecule has 0 aromatic rings. The summed E-state index contributed by atoms with van der Waals surface area (Å²) in [5.41, 5.74) is -3.30. The second kappa shape index (κ2) is 7.50. The van der Waals surface area contributed by atoms with Gasteiger partial charge in [0.1, 0.15) is 6.61 Å². The van der Waals surface area contributed by atoms with Gasteiger partial charge >= 0.3 is 27.5 Å². The van der Waals surface area contributed by atoms with Gasteiger partial charge in [-0.05, 0) is 31.1 Å². The molecule has 0 aliphatic heterocycles. The van der Waals surface area contributed by atoms with Crippen LogP contribution in [0.15, 0.2) is 12.2 Å². The van der Waals surface area contributed by atoms with Crippen LogP contribution in [-0.4, -0.2) is 60.9 Å². The van der Waals surface area contributed by atoms with Gasteiger partial charge in [-0.1, -0.05) is 6.58 Å². The average Bonchev–Trinajstić information content (AvgIpc) is 3.08. The van der Waals surface area contributed by atoms with Crippen LogP contribution < -0.4 is 0 Å². The molecule has 28 heavy (non-hydrogen) atoms. The molecular formula is C15H19F5O7S. The lowest BCUT2D eigenvalue weighted by Gasteiger charge is -2.38. The molecule has 2 rings (SSSR count). The van der Waals surface area contributed by atoms with Gasteiger partial charge in [0, 0.05) is 5.92 Å². The number of alkyl halides is 5. The molecule has 7 nitrogen and oxygen atoms in total. The largest absolute Gasteiger partial charge is 0.462 e. The van der Waals surface area contributed by atoms with Crippen LogP contribution in [-0.2, 0) is 24.4 Å². The summed E-state index contributed by atoms with van der Waals surface area (Å²) < 4.78 is 104. The minimum Gasteiger partial charge on any atom is -0.462 e. The Kier molecular flexibility index (Phi) is 6.16. The molecule has 2 N–H and O–H groups in total. The second-order valence-electron chi connectivity index (χ2n) is 7.14. The molecule has 0 saturated heterocycles. The van der Waals surface area contributed by atoms with E-state index in [0.717, 1.165) is 0 Å². The van der Waals surface area contributed by atoms with Gasteiger partial charge in [0.2, 0.25) is 0 Å². The SMILES string of the molecule is C=C(COCC(F)(F)S(=O)(=O)O)C(=O)OCC1CC2CC1C(O)(C(F)(F)F)C2. The molecule has 2 aliphatic carbocycles. The van der Waals surface area contributed by atoms with Crippen molar-refractivity contribution < 1.29 is 54.3 Å². The predicted molar refractivity (Wildman–Crippen MR) is 82.7 cm³/mol. The lowest BCUT2D eigenvalue weighted by atomic mass is 9.77. The van der Waals surface area contributed by atoms with Gasteiger partial charge in [-0.25, -0.2) is 4.79 Å². The molecule has 2 saturated carbocycles. The highest BCUT2D eigenvalue weighted by Gasteiger charge is 2.67. The Morgan fingerprint density at radius 3 is 2.32 bits per heavy atom. The molecule has 2 fully saturated rings. The van der Waals surface area contributed by atoms with E-state index < -0.39 is 76.8 Å². The highest BCUT2D eigenvalue weighted by atomic mass is 32.2. The minimum absolute atomic E-state index is 0.160. The molecule has 0 aromatic carbocycles. The molecule has 2 aliphatic rings. The van der Waals surface area contributed by atoms with E-state index in [-0.39, 0.29) is 12.3 Å². The van der Waals surface area contributed by atoms with E-state index in [1.54, 1.807) is 0 Å². The summed E-state index contributed by atoms with van der Waals surface area (Å²) in [6, 6.07) is 0. The van der Waals surface area contributed by atoms with Crippen molar-refractivity contribution in [3.8, 4) is 0 Å². The molecule has 13 heteroatoms. The summed E-state index contributed by atoms with van der Waals surface area (Å²) in [5.74, 6) is -3.28. The molecule has 4 unspecified atom stereocenters. The third-order valence-corrected chi connectivity index (χ3v) is 6.01. The smallest absolute Gasteiger partial charge is 0.417 e. The Morgan fingerprint density at radius 2 is 1.82 bits per heavy atom. The molecule has 4 atom stereocenters. The van der Waals surface area contributed by atoms with Crippen LogP contribution in [0.2, 0.25) is 0 Å². The normalized spacial score (nSPS) is 30.5. The molecule has 0 aromatic heterocycles. The van der Waals surface area contributed by atoms with Gasteiger partial charge in [-0.15, -0.1) is 0 Å². The van der Waals surface area contributed by atoms with Crippen molar-refractivity contribution in [1.29, 1.82) is 0 Å². The van der Waals surface area contributed by atoms with E-state index in [1.807, 2.05) is 0 Å². The topological polar surface area (TPSA) is 110 Å². The Morgan fingerprint density at radius 1 is 1.21 bits per heavy atom. The zero-order chi connectivity index (χ0) is 21.5. The fourth-order valence-electron chi connectivity index (χ4n) is 3.80. The Bertz CT molecular complexity index is 736. The number of carbonyl (C=O) groups is 1. The number of rotatable bonds is 8. The van der Waals surface area contributed by atoms with Crippen LogP contribution in [0.25, 0.3) is 0 Å². The Labute approximate surface area is 157 Å². The first-order valence-corrected chi connectivity index (χ1v) is 9.59. The zero-order valence-electron chi connectivity index (χ0n) is 14.4. The third-order valence-electron chi connectivity index (χ3n) is 5.14. The first-order chi connectivity index (χ1) is 12.6. The van der Waals surface area contributed by atoms with E-state index in [9.17, 15) is 40.3 Å². The fraction of sp³-hybridized carbons (Fsp3) is 0.800. The summed E-state index contributed by atoms with van der Waals surface area (Å²) >= 11 is 0. The van der Waals surface area contributed by atoms with Gasteiger partial charge < -0.3 is 14.6 Å². The summed E-state index contributed by atoms with van der Waals surface area (Å²) in [6.45, 7) is 0.220. The average molecular weight is 438 g/mol. The lowest BCUT2D eigenvalue weighted by Crippen LogP contribution is -2.52. The molecule has 2 bridgehead atoms. The van der Waals surface area contributed by atoms with Crippen LogP contribution in [0, 0.1) is 17.8 Å². The van der Waals surface area contributed by atoms with Gasteiger partial charge in [0.15, 0.2) is 5.60 Å². The Balaban J connectivity index is 1.82. The fourth-order valence-corrected chi connectivity index (χ4v) is 4.04. The number of halogens is 5. The maximum absolute atomic E-state index is 13.1. The third kappa shape index (κ3) is 4.47. The first-order valence-electron chi connectivity index (χ1n) is 8.15. The number of carbonyl (C=O) groups excluding carboxylic acids is 1. The lowest BCUT2D eigenvalue weighted by molar-refractivity contribution is -0.283. The number of esters is 1. The highest BCUT2D eigenvalue weighted by molar-refractivity contribution is 7.86. The number of fused-ring (bicyclic) bond motifs is 2. The van der Waals surface area contributed by atoms with Crippen molar-refractivity contribution in [2.24, 2.45) is 17.8 Å². The van der Waals surface area contributed by atoms with E-state index in [2.05, 4.69) is 11.3 Å². The van der Waals surface area contributed by atoms with Crippen molar-refractivity contribution >= 4 is 16.1 Å². The predicted octanol–water partition coefficient (Wildman–Crippen LogP) is 1.92. The summed E-state index contributed by atoms with van der Waals surface area (Å²) in [4.78, 5) is 11.8. The van der Waals surface area contributed by atoms with Crippen molar-refractivity contribution in [3.63, 3.8) is 0 Å². The molecule has 0 heterocycles. The van der Waals surface area contributed by atoms with Crippen LogP contribution in [0.5, 0.6) is 0 Å². The quantitative estimate of drug-likeness (QED) is 0.258. The summed E-state index contributed by atoms with van der Waals surface area (Å²) in [5, 5.41) is 5.40. The van der Waals surface area contributed by atoms with E-state index in [0.29, 0.717) is 6.42 Å². The monoisotopic (exact) mass is 438 g/mol. The van der Waals surface area contributed by atoms with Crippen LogP contribution in [0.4, 0.5) is 22.0 Å². The number of hydrogen-bond acceptors (Lipinski definition) is 6. The van der Waals surface area contributed by atoms with Crippen LogP contribution >= 0.6 is 0 Å². The number of hydrogen-bond donors (Lipinski definition) is 2. The van der Waals surface area contributed by atoms with Crippen molar-refractivity contribution in [2.75, 3.05) is 19.8 Å². The van der Waals surface area contributed by atoms with Gasteiger partial charge in [-0.3, -0.25) is 4.55 Å². The standard InChI is InChI=1S/C15H19F5O7S/c1-8(5-26-7-14(16,17)28(23,24)25)12(21)27-6-10-2-9-3-11(10)13(22,4-9)15(18,19)20/h9-11,22H,1-7H2,(H,23,24,25). The van der Waals surface area contributed by atoms with Crippen molar-refractivity contribution in [2.45, 2.75) is 36.3 Å². The number of ether oxygens (including phenoxy) is 2. The maximum atomic E-state index is 13.1. The molecule has 0 radical (unpaired) electrons. The maximum Gasteiger partial charge on any atom is 0.417 e. The first kappa shape index (κ1) is 23.0. The number of aliphatic hydroxyl groups is 1. The molecule has 0 spiro atoms. The van der Waals surface area contributed by atoms with Gasteiger partial charge in [0.25, 0.3) is 0 Å². The van der Waals surface area contributed by atoms with E-state index in [4.69, 9.17) is 9.29 Å². The molecule has 0 amide bonds. The van der Waals surface area contributed by atoms with Crippen LogP contribution in [0.3, 0.4) is 0 Å². The second-order valence-corrected chi connectivity index (χ2v) is 8.68. The van der Waals surface area contributed by atoms with Crippen molar-refractivity contribution in [3.05, 3.63) is 12.2 Å². The molecular weight excluding hydrogens is 419 g/mol. The molecule has 162 valence electrons. The minimum atomic E-state index is -5.69.